The topological polar surface area (TPSA) is 36.8 Å². The highest BCUT2D eigenvalue weighted by Gasteiger charge is 2.17. The van der Waals surface area contributed by atoms with Crippen molar-refractivity contribution < 1.29 is 10.4 Å². The Kier molecular flexibility index (Phi) is 5.37. The lowest BCUT2D eigenvalue weighted by molar-refractivity contribution is -0.684. The van der Waals surface area contributed by atoms with Crippen molar-refractivity contribution >= 4 is 0 Å². The van der Waals surface area contributed by atoms with Crippen LogP contribution in [0.1, 0.15) is 24.2 Å². The predicted molar refractivity (Wildman–Crippen MR) is 81.0 cm³/mol. The van der Waals surface area contributed by atoms with Gasteiger partial charge in [-0.2, -0.15) is 0 Å². The SMILES string of the molecule is C[C@H]([NH2+]CC#Cc1ccccc1)[C@@H](O)c1ccccc1. The molecule has 0 unspecified atom stereocenters. The van der Waals surface area contributed by atoms with Crippen LogP contribution in [-0.4, -0.2) is 17.7 Å². The third kappa shape index (κ3) is 4.24. The number of nitrogens with two attached hydrogens (primary N) is 1. The van der Waals surface area contributed by atoms with Crippen molar-refractivity contribution in [2.75, 3.05) is 6.54 Å². The summed E-state index contributed by atoms with van der Waals surface area (Å²) in [5.41, 5.74) is 1.98. The lowest BCUT2D eigenvalue weighted by Gasteiger charge is -2.16. The molecule has 102 valence electrons. The van der Waals surface area contributed by atoms with Gasteiger partial charge in [0.2, 0.25) is 0 Å². The van der Waals surface area contributed by atoms with Crippen molar-refractivity contribution in [1.29, 1.82) is 0 Å². The molecule has 0 spiro atoms. The van der Waals surface area contributed by atoms with Gasteiger partial charge in [0.1, 0.15) is 18.7 Å². The van der Waals surface area contributed by atoms with Gasteiger partial charge in [-0.3, -0.25) is 0 Å². The van der Waals surface area contributed by atoms with Gasteiger partial charge < -0.3 is 10.4 Å². The van der Waals surface area contributed by atoms with Crippen LogP contribution in [0.15, 0.2) is 60.7 Å². The average molecular weight is 266 g/mol. The van der Waals surface area contributed by atoms with Crippen LogP contribution in [0.5, 0.6) is 0 Å². The summed E-state index contributed by atoms with van der Waals surface area (Å²) in [6.07, 6.45) is -0.463. The fourth-order valence-electron chi connectivity index (χ4n) is 2.00. The highest BCUT2D eigenvalue weighted by Crippen LogP contribution is 2.13. The largest absolute Gasteiger partial charge is 0.382 e. The molecule has 0 bridgehead atoms. The van der Waals surface area contributed by atoms with Crippen LogP contribution in [0.25, 0.3) is 0 Å². The Balaban J connectivity index is 1.84. The minimum absolute atomic E-state index is 0.0856. The Morgan fingerprint density at radius 3 is 2.25 bits per heavy atom. The Bertz CT molecular complexity index is 569. The maximum absolute atomic E-state index is 10.2. The smallest absolute Gasteiger partial charge is 0.138 e. The van der Waals surface area contributed by atoms with E-state index in [1.54, 1.807) is 0 Å². The van der Waals surface area contributed by atoms with Crippen molar-refractivity contribution in [3.8, 4) is 11.8 Å². The summed E-state index contributed by atoms with van der Waals surface area (Å²) < 4.78 is 0. The molecule has 20 heavy (non-hydrogen) atoms. The first-order chi connectivity index (χ1) is 9.77. The number of rotatable bonds is 4. The standard InChI is InChI=1S/C18H19NO/c1-15(18(20)17-12-6-3-7-13-17)19-14-8-11-16-9-4-2-5-10-16/h2-7,9-10,12-13,15,18-20H,14H2,1H3/p+1/t15-,18+/m0/s1. The van der Waals surface area contributed by atoms with E-state index in [0.29, 0.717) is 6.54 Å². The summed E-state index contributed by atoms with van der Waals surface area (Å²) in [6, 6.07) is 19.8. The molecule has 0 heterocycles. The molecular weight excluding hydrogens is 246 g/mol. The first-order valence-electron chi connectivity index (χ1n) is 6.87. The van der Waals surface area contributed by atoms with Gasteiger partial charge in [-0.05, 0) is 30.5 Å². The summed E-state index contributed by atoms with van der Waals surface area (Å²) >= 11 is 0. The average Bonchev–Trinajstić information content (AvgIpc) is 2.52. The van der Waals surface area contributed by atoms with E-state index in [9.17, 15) is 5.11 Å². The van der Waals surface area contributed by atoms with Crippen LogP contribution < -0.4 is 5.32 Å². The van der Waals surface area contributed by atoms with E-state index >= 15 is 0 Å². The van der Waals surface area contributed by atoms with E-state index < -0.39 is 6.10 Å². The van der Waals surface area contributed by atoms with E-state index in [2.05, 4.69) is 17.2 Å². The molecule has 0 fully saturated rings. The van der Waals surface area contributed by atoms with Gasteiger partial charge in [0.25, 0.3) is 0 Å². The first-order valence-corrected chi connectivity index (χ1v) is 6.87. The van der Waals surface area contributed by atoms with Crippen molar-refractivity contribution in [2.45, 2.75) is 19.1 Å². The molecule has 2 aromatic carbocycles. The summed E-state index contributed by atoms with van der Waals surface area (Å²) in [4.78, 5) is 0. The summed E-state index contributed by atoms with van der Waals surface area (Å²) in [5.74, 6) is 6.24. The Labute approximate surface area is 120 Å². The molecule has 0 radical (unpaired) electrons. The molecule has 0 aromatic heterocycles. The van der Waals surface area contributed by atoms with Gasteiger partial charge in [0, 0.05) is 5.56 Å². The number of hydrogen-bond acceptors (Lipinski definition) is 1. The fourth-order valence-corrected chi connectivity index (χ4v) is 2.00. The Morgan fingerprint density at radius 1 is 1.00 bits per heavy atom. The van der Waals surface area contributed by atoms with Crippen LogP contribution in [0, 0.1) is 11.8 Å². The summed E-state index contributed by atoms with van der Waals surface area (Å²) in [5, 5.41) is 12.3. The monoisotopic (exact) mass is 266 g/mol. The Hall–Kier alpha value is -2.08. The molecule has 3 N–H and O–H groups in total. The quantitative estimate of drug-likeness (QED) is 0.812. The fraction of sp³-hybridized carbons (Fsp3) is 0.222. The number of aliphatic hydroxyl groups excluding tert-OH is 1. The molecule has 0 amide bonds. The lowest BCUT2D eigenvalue weighted by Crippen LogP contribution is -2.90. The number of benzene rings is 2. The lowest BCUT2D eigenvalue weighted by atomic mass is 10.0. The van der Waals surface area contributed by atoms with Gasteiger partial charge in [-0.1, -0.05) is 54.5 Å². The molecule has 0 aliphatic carbocycles. The van der Waals surface area contributed by atoms with E-state index in [4.69, 9.17) is 0 Å². The van der Waals surface area contributed by atoms with Crippen LogP contribution in [0.4, 0.5) is 0 Å². The summed E-state index contributed by atoms with van der Waals surface area (Å²) in [7, 11) is 0. The van der Waals surface area contributed by atoms with Gasteiger partial charge in [-0.25, -0.2) is 0 Å². The molecule has 0 aliphatic rings. The van der Waals surface area contributed by atoms with Crippen LogP contribution in [0.3, 0.4) is 0 Å². The number of quaternary nitrogens is 1. The van der Waals surface area contributed by atoms with Crippen molar-refractivity contribution in [2.24, 2.45) is 0 Å². The third-order valence-corrected chi connectivity index (χ3v) is 3.24. The van der Waals surface area contributed by atoms with Gasteiger partial charge in [-0.15, -0.1) is 0 Å². The van der Waals surface area contributed by atoms with Crippen LogP contribution in [-0.2, 0) is 0 Å². The number of aliphatic hydroxyl groups is 1. The highest BCUT2D eigenvalue weighted by atomic mass is 16.3. The Morgan fingerprint density at radius 2 is 1.60 bits per heavy atom. The van der Waals surface area contributed by atoms with Crippen molar-refractivity contribution in [3.05, 3.63) is 71.8 Å². The summed E-state index contributed by atoms with van der Waals surface area (Å²) in [6.45, 7) is 2.70. The maximum atomic E-state index is 10.2. The molecule has 0 saturated heterocycles. The second kappa shape index (κ2) is 7.49. The third-order valence-electron chi connectivity index (χ3n) is 3.24. The molecule has 2 rings (SSSR count). The van der Waals surface area contributed by atoms with Crippen molar-refractivity contribution in [3.63, 3.8) is 0 Å². The molecule has 2 aromatic rings. The highest BCUT2D eigenvalue weighted by molar-refractivity contribution is 5.33. The van der Waals surface area contributed by atoms with E-state index in [0.717, 1.165) is 11.1 Å². The predicted octanol–water partition coefficient (Wildman–Crippen LogP) is 1.72. The van der Waals surface area contributed by atoms with Crippen molar-refractivity contribution in [1.82, 2.24) is 0 Å². The molecule has 0 saturated carbocycles. The van der Waals surface area contributed by atoms with E-state index in [1.807, 2.05) is 67.6 Å². The van der Waals surface area contributed by atoms with E-state index in [1.165, 1.54) is 0 Å². The number of hydrogen-bond donors (Lipinski definition) is 2. The first kappa shape index (κ1) is 14.3. The zero-order valence-corrected chi connectivity index (χ0v) is 11.7. The van der Waals surface area contributed by atoms with Gasteiger partial charge in [0.05, 0.1) is 0 Å². The molecule has 2 nitrogen and oxygen atoms in total. The normalized spacial score (nSPS) is 13.1. The molecule has 0 aliphatic heterocycles. The van der Waals surface area contributed by atoms with Gasteiger partial charge >= 0.3 is 0 Å². The van der Waals surface area contributed by atoms with Crippen LogP contribution in [0.2, 0.25) is 0 Å². The zero-order valence-electron chi connectivity index (χ0n) is 11.7. The molecular formula is C18H20NO+. The van der Waals surface area contributed by atoms with Gasteiger partial charge in [0.15, 0.2) is 0 Å². The zero-order chi connectivity index (χ0) is 14.2. The van der Waals surface area contributed by atoms with E-state index in [-0.39, 0.29) is 6.04 Å². The van der Waals surface area contributed by atoms with Crippen LogP contribution >= 0.6 is 0 Å². The maximum Gasteiger partial charge on any atom is 0.138 e. The minimum atomic E-state index is -0.463. The molecule has 2 heteroatoms. The molecule has 2 atom stereocenters. The minimum Gasteiger partial charge on any atom is -0.382 e. The second-order valence-electron chi connectivity index (χ2n) is 4.82. The second-order valence-corrected chi connectivity index (χ2v) is 4.82.